The second kappa shape index (κ2) is 8.03. The van der Waals surface area contributed by atoms with E-state index in [1.54, 1.807) is 41.0 Å². The Morgan fingerprint density at radius 3 is 2.11 bits per heavy atom. The monoisotopic (exact) mass is 366 g/mol. The van der Waals surface area contributed by atoms with E-state index in [1.807, 2.05) is 19.1 Å². The highest BCUT2D eigenvalue weighted by Crippen LogP contribution is 2.19. The van der Waals surface area contributed by atoms with Crippen molar-refractivity contribution in [2.24, 2.45) is 0 Å². The topological polar surface area (TPSA) is 88.4 Å². The molecule has 2 N–H and O–H groups in total. The molecule has 0 aliphatic rings. The Hall–Kier alpha value is -3.15. The van der Waals surface area contributed by atoms with Gasteiger partial charge >= 0.3 is 5.97 Å². The third-order valence-corrected chi connectivity index (χ3v) is 4.66. The number of benzene rings is 2. The summed E-state index contributed by atoms with van der Waals surface area (Å²) in [4.78, 5) is 36.7. The quantitative estimate of drug-likeness (QED) is 0.629. The summed E-state index contributed by atoms with van der Waals surface area (Å²) in [6, 6.07) is 13.3. The zero-order valence-corrected chi connectivity index (χ0v) is 15.1. The van der Waals surface area contributed by atoms with Crippen molar-refractivity contribution < 1.29 is 14.7 Å². The van der Waals surface area contributed by atoms with Crippen LogP contribution in [0.15, 0.2) is 53.3 Å². The predicted molar refractivity (Wildman–Crippen MR) is 105 cm³/mol. The Balaban J connectivity index is 2.00. The summed E-state index contributed by atoms with van der Waals surface area (Å²) >= 11 is 0. The maximum absolute atomic E-state index is 12.7. The van der Waals surface area contributed by atoms with Crippen LogP contribution in [0, 0.1) is 0 Å². The van der Waals surface area contributed by atoms with E-state index in [4.69, 9.17) is 0 Å². The predicted octanol–water partition coefficient (Wildman–Crippen LogP) is 2.91. The minimum atomic E-state index is -1.04. The highest BCUT2D eigenvalue weighted by molar-refractivity contribution is 5.95. The van der Waals surface area contributed by atoms with Gasteiger partial charge < -0.3 is 15.0 Å². The van der Waals surface area contributed by atoms with Gasteiger partial charge in [-0.3, -0.25) is 9.59 Å². The lowest BCUT2D eigenvalue weighted by atomic mass is 10.1. The minimum Gasteiger partial charge on any atom is -0.480 e. The Morgan fingerprint density at radius 2 is 1.59 bits per heavy atom. The molecule has 140 valence electrons. The lowest BCUT2D eigenvalue weighted by molar-refractivity contribution is -0.142. The number of unbranched alkanes of at least 4 members (excludes halogenated alkanes) is 1. The molecule has 0 saturated carbocycles. The molecule has 1 aromatic heterocycles. The highest BCUT2D eigenvalue weighted by Gasteiger charge is 2.20. The van der Waals surface area contributed by atoms with Gasteiger partial charge in [0.1, 0.15) is 12.6 Å². The number of para-hydroxylation sites is 2. The third kappa shape index (κ3) is 3.84. The van der Waals surface area contributed by atoms with Gasteiger partial charge in [0.05, 0.1) is 11.0 Å². The largest absolute Gasteiger partial charge is 0.480 e. The molecule has 1 atom stereocenters. The Bertz CT molecular complexity index is 995. The van der Waals surface area contributed by atoms with Gasteiger partial charge in [-0.1, -0.05) is 44.0 Å². The number of aromatic nitrogens is 1. The maximum atomic E-state index is 12.7. The summed E-state index contributed by atoms with van der Waals surface area (Å²) in [5, 5.41) is 13.0. The van der Waals surface area contributed by atoms with Crippen LogP contribution in [0.25, 0.3) is 21.8 Å². The van der Waals surface area contributed by atoms with E-state index >= 15 is 0 Å². The van der Waals surface area contributed by atoms with Crippen LogP contribution >= 0.6 is 0 Å². The standard InChI is InChI=1S/C21H22N2O4/c1-2-3-10-16(21(26)27)22-19(24)13-23-17-11-6-4-8-14(17)20(25)15-9-5-7-12-18(15)23/h4-9,11-12,16H,2-3,10,13H2,1H3,(H,22,24)(H,26,27)/t16-/m1/s1. The molecule has 0 spiro atoms. The number of nitrogens with zero attached hydrogens (tertiary/aromatic N) is 1. The van der Waals surface area contributed by atoms with Gasteiger partial charge in [0, 0.05) is 10.8 Å². The lowest BCUT2D eigenvalue weighted by Crippen LogP contribution is -2.42. The molecule has 6 heteroatoms. The van der Waals surface area contributed by atoms with E-state index in [-0.39, 0.29) is 12.0 Å². The molecular weight excluding hydrogens is 344 g/mol. The first kappa shape index (κ1) is 18.6. The van der Waals surface area contributed by atoms with Gasteiger partial charge in [-0.2, -0.15) is 0 Å². The fourth-order valence-corrected chi connectivity index (χ4v) is 3.30. The van der Waals surface area contributed by atoms with Gasteiger partial charge in [0.2, 0.25) is 5.91 Å². The molecule has 0 aliphatic carbocycles. The van der Waals surface area contributed by atoms with Gasteiger partial charge in [0.15, 0.2) is 5.43 Å². The molecule has 0 unspecified atom stereocenters. The maximum Gasteiger partial charge on any atom is 0.326 e. The van der Waals surface area contributed by atoms with Gasteiger partial charge in [-0.15, -0.1) is 0 Å². The number of hydrogen-bond donors (Lipinski definition) is 2. The number of aliphatic carboxylic acids is 1. The first-order valence-electron chi connectivity index (χ1n) is 9.05. The van der Waals surface area contributed by atoms with E-state index in [0.29, 0.717) is 28.2 Å². The number of nitrogens with one attached hydrogen (secondary N) is 1. The number of amides is 1. The normalized spacial score (nSPS) is 12.2. The van der Waals surface area contributed by atoms with Crippen LogP contribution in [-0.4, -0.2) is 27.6 Å². The number of rotatable bonds is 7. The minimum absolute atomic E-state index is 0.0583. The van der Waals surface area contributed by atoms with Crippen LogP contribution in [0.1, 0.15) is 26.2 Å². The van der Waals surface area contributed by atoms with Gasteiger partial charge in [-0.25, -0.2) is 4.79 Å². The smallest absolute Gasteiger partial charge is 0.326 e. The molecule has 3 rings (SSSR count). The number of pyridine rings is 1. The Kier molecular flexibility index (Phi) is 5.54. The summed E-state index contributed by atoms with van der Waals surface area (Å²) in [6.45, 7) is 1.91. The fourth-order valence-electron chi connectivity index (χ4n) is 3.30. The lowest BCUT2D eigenvalue weighted by Gasteiger charge is -2.18. The molecule has 1 amide bonds. The van der Waals surface area contributed by atoms with Crippen LogP contribution in [0.2, 0.25) is 0 Å². The molecule has 0 fully saturated rings. The molecule has 6 nitrogen and oxygen atoms in total. The Morgan fingerprint density at radius 1 is 1.04 bits per heavy atom. The van der Waals surface area contributed by atoms with Crippen LogP contribution in [-0.2, 0) is 16.1 Å². The number of carboxylic acid groups (broad SMARTS) is 1. The molecular formula is C21H22N2O4. The summed E-state index contributed by atoms with van der Waals surface area (Å²) in [5.74, 6) is -1.43. The highest BCUT2D eigenvalue weighted by atomic mass is 16.4. The van der Waals surface area contributed by atoms with E-state index in [0.717, 1.165) is 12.8 Å². The van der Waals surface area contributed by atoms with Crippen LogP contribution in [0.3, 0.4) is 0 Å². The van der Waals surface area contributed by atoms with Crippen LogP contribution < -0.4 is 10.7 Å². The fraction of sp³-hybridized carbons (Fsp3) is 0.286. The van der Waals surface area contributed by atoms with Crippen molar-refractivity contribution in [2.45, 2.75) is 38.8 Å². The SMILES string of the molecule is CCCC[C@@H](NC(=O)Cn1c2ccccc2c(=O)c2ccccc21)C(=O)O. The van der Waals surface area contributed by atoms with Crippen molar-refractivity contribution in [1.82, 2.24) is 9.88 Å². The van der Waals surface area contributed by atoms with E-state index < -0.39 is 17.9 Å². The average molecular weight is 366 g/mol. The summed E-state index contributed by atoms with van der Waals surface area (Å²) in [6.07, 6.45) is 1.97. The van der Waals surface area contributed by atoms with E-state index in [9.17, 15) is 19.5 Å². The van der Waals surface area contributed by atoms with Gasteiger partial charge in [0.25, 0.3) is 0 Å². The molecule has 1 heterocycles. The van der Waals surface area contributed by atoms with Crippen LogP contribution in [0.4, 0.5) is 0 Å². The zero-order valence-electron chi connectivity index (χ0n) is 15.1. The first-order chi connectivity index (χ1) is 13.0. The van der Waals surface area contributed by atoms with Crippen molar-refractivity contribution >= 4 is 33.7 Å². The van der Waals surface area contributed by atoms with E-state index in [2.05, 4.69) is 5.32 Å². The molecule has 0 bridgehead atoms. The van der Waals surface area contributed by atoms with Gasteiger partial charge in [-0.05, 0) is 30.7 Å². The molecule has 0 aliphatic heterocycles. The second-order valence-electron chi connectivity index (χ2n) is 6.55. The summed E-state index contributed by atoms with van der Waals surface area (Å²) in [7, 11) is 0. The molecule has 0 saturated heterocycles. The van der Waals surface area contributed by atoms with Crippen molar-refractivity contribution in [2.75, 3.05) is 0 Å². The summed E-state index contributed by atoms with van der Waals surface area (Å²) < 4.78 is 1.76. The zero-order chi connectivity index (χ0) is 19.4. The number of fused-ring (bicyclic) bond motifs is 2. The van der Waals surface area contributed by atoms with Crippen LogP contribution in [0.5, 0.6) is 0 Å². The van der Waals surface area contributed by atoms with Crippen molar-refractivity contribution in [1.29, 1.82) is 0 Å². The number of carboxylic acids is 1. The number of carbonyl (C=O) groups is 2. The number of hydrogen-bond acceptors (Lipinski definition) is 3. The number of carbonyl (C=O) groups excluding carboxylic acids is 1. The summed E-state index contributed by atoms with van der Waals surface area (Å²) in [5.41, 5.74) is 1.22. The third-order valence-electron chi connectivity index (χ3n) is 4.66. The Labute approximate surface area is 156 Å². The van der Waals surface area contributed by atoms with E-state index in [1.165, 1.54) is 0 Å². The molecule has 2 aromatic carbocycles. The average Bonchev–Trinajstić information content (AvgIpc) is 2.68. The first-order valence-corrected chi connectivity index (χ1v) is 9.05. The van der Waals surface area contributed by atoms with Crippen molar-refractivity contribution in [3.63, 3.8) is 0 Å². The molecule has 0 radical (unpaired) electrons. The second-order valence-corrected chi connectivity index (χ2v) is 6.55. The molecule has 27 heavy (non-hydrogen) atoms. The molecule has 3 aromatic rings. The van der Waals surface area contributed by atoms with Crippen molar-refractivity contribution in [3.05, 3.63) is 58.8 Å². The van der Waals surface area contributed by atoms with Crippen molar-refractivity contribution in [3.8, 4) is 0 Å².